The van der Waals surface area contributed by atoms with E-state index in [1.54, 1.807) is 0 Å². The molecule has 7 heteroatoms. The summed E-state index contributed by atoms with van der Waals surface area (Å²) < 4.78 is 0. The van der Waals surface area contributed by atoms with Crippen LogP contribution in [-0.4, -0.2) is 15.8 Å². The van der Waals surface area contributed by atoms with Crippen molar-refractivity contribution in [2.45, 2.75) is 13.5 Å². The topological polar surface area (TPSA) is 105 Å². The number of nitrogens with zero attached hydrogens (tertiary/aromatic N) is 1. The van der Waals surface area contributed by atoms with Crippen molar-refractivity contribution >= 4 is 11.6 Å². The van der Waals surface area contributed by atoms with Crippen LogP contribution in [0.5, 0.6) is 0 Å². The number of fused-ring (bicyclic) bond motifs is 1. The third-order valence-electron chi connectivity index (χ3n) is 2.31. The first-order valence-electron chi connectivity index (χ1n) is 4.20. The zero-order valence-corrected chi connectivity index (χ0v) is 7.79. The second kappa shape index (κ2) is 2.91. The van der Waals surface area contributed by atoms with E-state index in [1.807, 2.05) is 0 Å². The van der Waals surface area contributed by atoms with Gasteiger partial charge in [0, 0.05) is 0 Å². The Morgan fingerprint density at radius 2 is 2.07 bits per heavy atom. The molecule has 1 aliphatic rings. The number of carbonyl (C=O) groups excluding carboxylic acids is 1. The maximum atomic E-state index is 11.4. The van der Waals surface area contributed by atoms with Gasteiger partial charge in [-0.2, -0.15) is 0 Å². The normalized spacial score (nSPS) is 13.5. The fourth-order valence-electron chi connectivity index (χ4n) is 1.69. The van der Waals surface area contributed by atoms with Gasteiger partial charge in [-0.25, -0.2) is 0 Å². The summed E-state index contributed by atoms with van der Waals surface area (Å²) >= 11 is 0. The minimum absolute atomic E-state index is 0.0369. The van der Waals surface area contributed by atoms with Crippen LogP contribution >= 0.6 is 0 Å². The summed E-state index contributed by atoms with van der Waals surface area (Å²) in [7, 11) is 0. The summed E-state index contributed by atoms with van der Waals surface area (Å²) in [4.78, 5) is 35.0. The molecule has 0 unspecified atom stereocenters. The molecule has 15 heavy (non-hydrogen) atoms. The van der Waals surface area contributed by atoms with E-state index in [2.05, 4.69) is 10.3 Å². The van der Waals surface area contributed by atoms with Crippen LogP contribution < -0.4 is 10.9 Å². The number of aryl methyl sites for hydroxylation is 1. The number of H-pyrrole nitrogens is 1. The summed E-state index contributed by atoms with van der Waals surface area (Å²) in [5.41, 5.74) is -0.579. The average molecular weight is 209 g/mol. The molecule has 1 aromatic heterocycles. The van der Waals surface area contributed by atoms with Crippen molar-refractivity contribution in [3.05, 3.63) is 37.3 Å². The first kappa shape index (κ1) is 9.38. The number of hydrogen-bond acceptors (Lipinski definition) is 4. The van der Waals surface area contributed by atoms with Crippen molar-refractivity contribution < 1.29 is 9.72 Å². The molecule has 7 nitrogen and oxygen atoms in total. The molecule has 2 rings (SSSR count). The maximum absolute atomic E-state index is 11.4. The number of aromatic nitrogens is 1. The van der Waals surface area contributed by atoms with Gasteiger partial charge in [0.1, 0.15) is 5.56 Å². The first-order chi connectivity index (χ1) is 7.02. The van der Waals surface area contributed by atoms with Crippen LogP contribution in [0.15, 0.2) is 4.79 Å². The Morgan fingerprint density at radius 3 is 2.67 bits per heavy atom. The quantitative estimate of drug-likeness (QED) is 0.495. The third kappa shape index (κ3) is 1.20. The van der Waals surface area contributed by atoms with Crippen LogP contribution in [-0.2, 0) is 6.54 Å². The molecule has 1 aromatic rings. The average Bonchev–Trinajstić information content (AvgIpc) is 2.47. The van der Waals surface area contributed by atoms with E-state index in [9.17, 15) is 19.7 Å². The van der Waals surface area contributed by atoms with E-state index in [-0.39, 0.29) is 29.1 Å². The largest absolute Gasteiger partial charge is 0.347 e. The second-order valence-corrected chi connectivity index (χ2v) is 3.22. The zero-order chi connectivity index (χ0) is 11.2. The summed E-state index contributed by atoms with van der Waals surface area (Å²) in [5.74, 6) is -0.561. The van der Waals surface area contributed by atoms with Crippen LogP contribution in [0, 0.1) is 17.0 Å². The Kier molecular flexibility index (Phi) is 1.82. The van der Waals surface area contributed by atoms with E-state index >= 15 is 0 Å². The van der Waals surface area contributed by atoms with Crippen molar-refractivity contribution in [2.24, 2.45) is 0 Å². The molecule has 1 amide bonds. The van der Waals surface area contributed by atoms with Gasteiger partial charge in [0.15, 0.2) is 0 Å². The minimum Gasteiger partial charge on any atom is -0.347 e. The van der Waals surface area contributed by atoms with Crippen LogP contribution in [0.25, 0.3) is 0 Å². The molecule has 2 N–H and O–H groups in total. The molecule has 0 bridgehead atoms. The number of carbonyl (C=O) groups is 1. The van der Waals surface area contributed by atoms with Gasteiger partial charge in [0.25, 0.3) is 17.2 Å². The Labute approximate surface area is 83.3 Å². The number of amides is 1. The number of aromatic amines is 1. The van der Waals surface area contributed by atoms with Gasteiger partial charge in [0.05, 0.1) is 22.7 Å². The Bertz CT molecular complexity index is 531. The van der Waals surface area contributed by atoms with E-state index in [4.69, 9.17) is 0 Å². The third-order valence-corrected chi connectivity index (χ3v) is 2.31. The maximum Gasteiger partial charge on any atom is 0.294 e. The zero-order valence-electron chi connectivity index (χ0n) is 7.79. The van der Waals surface area contributed by atoms with Gasteiger partial charge in [0.2, 0.25) is 0 Å². The SMILES string of the molecule is Cc1[nH]c(=O)c2c(c1[N+](=O)[O-])CNC2=O. The summed E-state index contributed by atoms with van der Waals surface area (Å²) in [6.45, 7) is 1.47. The fraction of sp³-hybridized carbons (Fsp3) is 0.250. The molecule has 0 radical (unpaired) electrons. The molecule has 0 aromatic carbocycles. The molecule has 0 spiro atoms. The number of rotatable bonds is 1. The van der Waals surface area contributed by atoms with E-state index in [0.29, 0.717) is 0 Å². The lowest BCUT2D eigenvalue weighted by Gasteiger charge is -2.00. The number of hydrogen-bond donors (Lipinski definition) is 2. The predicted molar refractivity (Wildman–Crippen MR) is 49.6 cm³/mol. The van der Waals surface area contributed by atoms with Crippen molar-refractivity contribution in [1.82, 2.24) is 10.3 Å². The smallest absolute Gasteiger partial charge is 0.294 e. The Morgan fingerprint density at radius 1 is 1.40 bits per heavy atom. The number of nitro groups is 1. The molecule has 78 valence electrons. The molecular weight excluding hydrogens is 202 g/mol. The monoisotopic (exact) mass is 209 g/mol. The van der Waals surface area contributed by atoms with Gasteiger partial charge < -0.3 is 10.3 Å². The van der Waals surface area contributed by atoms with Gasteiger partial charge in [-0.3, -0.25) is 19.7 Å². The number of nitrogens with one attached hydrogen (secondary N) is 2. The van der Waals surface area contributed by atoms with E-state index < -0.39 is 16.4 Å². The highest BCUT2D eigenvalue weighted by Gasteiger charge is 2.32. The minimum atomic E-state index is -0.593. The van der Waals surface area contributed by atoms with Gasteiger partial charge in [-0.05, 0) is 6.92 Å². The van der Waals surface area contributed by atoms with Crippen molar-refractivity contribution in [2.75, 3.05) is 0 Å². The van der Waals surface area contributed by atoms with E-state index in [1.165, 1.54) is 6.92 Å². The fourth-order valence-corrected chi connectivity index (χ4v) is 1.69. The van der Waals surface area contributed by atoms with Crippen molar-refractivity contribution in [3.63, 3.8) is 0 Å². The summed E-state index contributed by atoms with van der Waals surface area (Å²) in [6, 6.07) is 0. The lowest BCUT2D eigenvalue weighted by Crippen LogP contribution is -2.21. The standard InChI is InChI=1S/C8H7N3O4/c1-3-6(11(14)15)4-2-9-7(12)5(4)8(13)10-3/h2H2,1H3,(H,9,12)(H,10,13). The second-order valence-electron chi connectivity index (χ2n) is 3.22. The lowest BCUT2D eigenvalue weighted by molar-refractivity contribution is -0.386. The highest BCUT2D eigenvalue weighted by molar-refractivity contribution is 5.99. The summed E-state index contributed by atoms with van der Waals surface area (Å²) in [5, 5.41) is 13.1. The first-order valence-corrected chi connectivity index (χ1v) is 4.20. The van der Waals surface area contributed by atoms with Gasteiger partial charge in [-0.15, -0.1) is 0 Å². The van der Waals surface area contributed by atoms with Crippen LogP contribution in [0.3, 0.4) is 0 Å². The molecule has 0 aliphatic carbocycles. The van der Waals surface area contributed by atoms with Crippen molar-refractivity contribution in [1.29, 1.82) is 0 Å². The Balaban J connectivity index is 2.85. The highest BCUT2D eigenvalue weighted by Crippen LogP contribution is 2.25. The Hall–Kier alpha value is -2.18. The number of pyridine rings is 1. The molecule has 2 heterocycles. The molecule has 0 saturated heterocycles. The van der Waals surface area contributed by atoms with Crippen LogP contribution in [0.2, 0.25) is 0 Å². The lowest BCUT2D eigenvalue weighted by atomic mass is 10.1. The van der Waals surface area contributed by atoms with Gasteiger partial charge in [-0.1, -0.05) is 0 Å². The highest BCUT2D eigenvalue weighted by atomic mass is 16.6. The summed E-state index contributed by atoms with van der Waals surface area (Å²) in [6.07, 6.45) is 0. The molecule has 0 saturated carbocycles. The molecule has 1 aliphatic heterocycles. The molecule has 0 atom stereocenters. The van der Waals surface area contributed by atoms with E-state index in [0.717, 1.165) is 0 Å². The molecule has 0 fully saturated rings. The van der Waals surface area contributed by atoms with Crippen LogP contribution in [0.1, 0.15) is 21.6 Å². The van der Waals surface area contributed by atoms with Crippen LogP contribution in [0.4, 0.5) is 5.69 Å². The molecular formula is C8H7N3O4. The predicted octanol–water partition coefficient (Wildman–Crippen LogP) is -0.165. The van der Waals surface area contributed by atoms with Gasteiger partial charge >= 0.3 is 0 Å². The van der Waals surface area contributed by atoms with Crippen molar-refractivity contribution in [3.8, 4) is 0 Å².